The fourth-order valence-electron chi connectivity index (χ4n) is 1.10. The van der Waals surface area contributed by atoms with Crippen LogP contribution in [0.2, 0.25) is 0 Å². The fourth-order valence-corrected chi connectivity index (χ4v) is 1.66. The first kappa shape index (κ1) is 11.5. The average Bonchev–Trinajstić information content (AvgIpc) is 2.18. The number of rotatable bonds is 3. The Balaban J connectivity index is 2.99. The third-order valence-corrected chi connectivity index (χ3v) is 4.18. The maximum atomic E-state index is 7.26. The summed E-state index contributed by atoms with van der Waals surface area (Å²) in [6.07, 6.45) is 0. The fraction of sp³-hybridized carbons (Fsp3) is 0.300. The quantitative estimate of drug-likeness (QED) is 0.321. The molecule has 0 bridgehead atoms. The van der Waals surface area contributed by atoms with Crippen molar-refractivity contribution in [2.24, 2.45) is 5.73 Å². The van der Waals surface area contributed by atoms with Gasteiger partial charge in [-0.15, -0.1) is 11.7 Å². The predicted molar refractivity (Wildman–Crippen MR) is 67.1 cm³/mol. The van der Waals surface area contributed by atoms with Gasteiger partial charge in [0, 0.05) is 10.3 Å². The molecule has 2 nitrogen and oxygen atoms in total. The Bertz CT molecular complexity index is 330. The molecule has 0 unspecified atom stereocenters. The van der Waals surface area contributed by atoms with Crippen LogP contribution in [0.4, 0.5) is 0 Å². The molecule has 0 saturated heterocycles. The number of nitrogen functional groups attached to an aromatic ring is 1. The van der Waals surface area contributed by atoms with E-state index in [4.69, 9.17) is 11.1 Å². The number of amidine groups is 1. The van der Waals surface area contributed by atoms with Crippen molar-refractivity contribution >= 4 is 28.3 Å². The number of hydrogen-bond acceptors (Lipinski definition) is 3. The Hall–Kier alpha value is -0.610. The molecule has 0 aliphatic heterocycles. The summed E-state index contributed by atoms with van der Waals surface area (Å²) in [6, 6.07) is 7.70. The zero-order valence-corrected chi connectivity index (χ0v) is 9.95. The first-order valence-electron chi connectivity index (χ1n) is 4.25. The monoisotopic (exact) mass is 226 g/mol. The minimum Gasteiger partial charge on any atom is -0.384 e. The van der Waals surface area contributed by atoms with E-state index < -0.39 is 0 Å². The highest BCUT2D eigenvalue weighted by atomic mass is 33.1. The lowest BCUT2D eigenvalue weighted by Crippen LogP contribution is -2.13. The minimum absolute atomic E-state index is 0.0154. The molecule has 0 atom stereocenters. The van der Waals surface area contributed by atoms with Crippen LogP contribution >= 0.6 is 22.5 Å². The topological polar surface area (TPSA) is 49.9 Å². The molecule has 1 aromatic carbocycles. The van der Waals surface area contributed by atoms with E-state index in [2.05, 4.69) is 25.5 Å². The average molecular weight is 226 g/mol. The number of nitrogens with one attached hydrogen (secondary N) is 1. The van der Waals surface area contributed by atoms with Crippen LogP contribution in [-0.4, -0.2) is 5.84 Å². The summed E-state index contributed by atoms with van der Waals surface area (Å²) in [5.41, 5.74) is 7.31. The van der Waals surface area contributed by atoms with Crippen LogP contribution in [0.15, 0.2) is 24.3 Å². The predicted octanol–water partition coefficient (Wildman–Crippen LogP) is 2.78. The molecule has 0 heterocycles. The zero-order valence-electron chi connectivity index (χ0n) is 8.24. The van der Waals surface area contributed by atoms with Crippen LogP contribution < -0.4 is 5.73 Å². The SMILES string of the molecule is CC(C)(SS)c1ccc(C(=N)N)cc1. The van der Waals surface area contributed by atoms with Crippen molar-refractivity contribution in [2.75, 3.05) is 0 Å². The second kappa shape index (κ2) is 4.28. The molecule has 1 rings (SSSR count). The van der Waals surface area contributed by atoms with Gasteiger partial charge < -0.3 is 5.73 Å². The maximum Gasteiger partial charge on any atom is 0.122 e. The Morgan fingerprint density at radius 2 is 1.86 bits per heavy atom. The van der Waals surface area contributed by atoms with Crippen LogP contribution in [0.1, 0.15) is 25.0 Å². The van der Waals surface area contributed by atoms with Gasteiger partial charge in [0.1, 0.15) is 5.84 Å². The molecular formula is C10H14N2S2. The van der Waals surface area contributed by atoms with E-state index in [-0.39, 0.29) is 10.6 Å². The standard InChI is InChI=1S/C10H14N2S2/c1-10(2,14-13)8-5-3-7(4-6-8)9(11)12/h3-6,13H,1-2H3,(H3,11,12). The smallest absolute Gasteiger partial charge is 0.122 e. The minimum atomic E-state index is -0.0154. The molecule has 1 aromatic rings. The summed E-state index contributed by atoms with van der Waals surface area (Å²) in [6.45, 7) is 4.21. The lowest BCUT2D eigenvalue weighted by molar-refractivity contribution is 0.789. The van der Waals surface area contributed by atoms with E-state index in [1.54, 1.807) is 0 Å². The molecule has 0 aliphatic carbocycles. The zero-order chi connectivity index (χ0) is 10.8. The number of nitrogens with two attached hydrogens (primary N) is 1. The Labute approximate surface area is 93.6 Å². The van der Waals surface area contributed by atoms with E-state index in [1.165, 1.54) is 16.4 Å². The summed E-state index contributed by atoms with van der Waals surface area (Å²) in [5, 5.41) is 7.26. The Morgan fingerprint density at radius 3 is 2.21 bits per heavy atom. The van der Waals surface area contributed by atoms with Crippen LogP contribution in [-0.2, 0) is 4.75 Å². The van der Waals surface area contributed by atoms with Crippen molar-refractivity contribution in [2.45, 2.75) is 18.6 Å². The van der Waals surface area contributed by atoms with Crippen molar-refractivity contribution in [1.29, 1.82) is 5.41 Å². The summed E-state index contributed by atoms with van der Waals surface area (Å²) in [5.74, 6) is 0.105. The van der Waals surface area contributed by atoms with Crippen LogP contribution in [0.5, 0.6) is 0 Å². The summed E-state index contributed by atoms with van der Waals surface area (Å²) in [4.78, 5) is 0. The molecule has 3 N–H and O–H groups in total. The molecule has 0 spiro atoms. The molecule has 76 valence electrons. The van der Waals surface area contributed by atoms with Crippen LogP contribution in [0.25, 0.3) is 0 Å². The van der Waals surface area contributed by atoms with Crippen molar-refractivity contribution in [3.63, 3.8) is 0 Å². The van der Waals surface area contributed by atoms with Crippen molar-refractivity contribution in [3.05, 3.63) is 35.4 Å². The van der Waals surface area contributed by atoms with E-state index in [1.807, 2.05) is 24.3 Å². The van der Waals surface area contributed by atoms with Crippen molar-refractivity contribution < 1.29 is 0 Å². The molecule has 0 aliphatic rings. The maximum absolute atomic E-state index is 7.26. The molecule has 0 fully saturated rings. The van der Waals surface area contributed by atoms with E-state index in [0.717, 1.165) is 5.56 Å². The lowest BCUT2D eigenvalue weighted by Gasteiger charge is -2.21. The highest BCUT2D eigenvalue weighted by Crippen LogP contribution is 2.37. The molecule has 0 aromatic heterocycles. The van der Waals surface area contributed by atoms with Crippen LogP contribution in [0.3, 0.4) is 0 Å². The van der Waals surface area contributed by atoms with E-state index >= 15 is 0 Å². The molecular weight excluding hydrogens is 212 g/mol. The van der Waals surface area contributed by atoms with Gasteiger partial charge in [-0.05, 0) is 19.4 Å². The van der Waals surface area contributed by atoms with Crippen molar-refractivity contribution in [3.8, 4) is 0 Å². The highest BCUT2D eigenvalue weighted by molar-refractivity contribution is 8.68. The Morgan fingerprint density at radius 1 is 1.36 bits per heavy atom. The number of benzene rings is 1. The Kier molecular flexibility index (Phi) is 3.50. The molecule has 0 amide bonds. The molecule has 0 saturated carbocycles. The van der Waals surface area contributed by atoms with E-state index in [0.29, 0.717) is 0 Å². The van der Waals surface area contributed by atoms with E-state index in [9.17, 15) is 0 Å². The first-order chi connectivity index (χ1) is 6.47. The first-order valence-corrected chi connectivity index (χ1v) is 6.12. The number of hydrogen-bond donors (Lipinski definition) is 3. The highest BCUT2D eigenvalue weighted by Gasteiger charge is 2.19. The largest absolute Gasteiger partial charge is 0.384 e. The lowest BCUT2D eigenvalue weighted by atomic mass is 10.0. The van der Waals surface area contributed by atoms with Gasteiger partial charge >= 0.3 is 0 Å². The van der Waals surface area contributed by atoms with Gasteiger partial charge in [0.2, 0.25) is 0 Å². The normalized spacial score (nSPS) is 11.4. The van der Waals surface area contributed by atoms with Gasteiger partial charge in [-0.1, -0.05) is 35.1 Å². The van der Waals surface area contributed by atoms with Gasteiger partial charge in [-0.25, -0.2) is 0 Å². The third-order valence-electron chi connectivity index (χ3n) is 2.12. The van der Waals surface area contributed by atoms with Gasteiger partial charge in [-0.2, -0.15) is 0 Å². The van der Waals surface area contributed by atoms with Gasteiger partial charge in [0.15, 0.2) is 0 Å². The second-order valence-corrected chi connectivity index (χ2v) is 5.34. The summed E-state index contributed by atoms with van der Waals surface area (Å²) >= 11 is 4.23. The summed E-state index contributed by atoms with van der Waals surface area (Å²) < 4.78 is -0.0154. The summed E-state index contributed by atoms with van der Waals surface area (Å²) in [7, 11) is 1.50. The molecule has 4 heteroatoms. The second-order valence-electron chi connectivity index (χ2n) is 3.59. The van der Waals surface area contributed by atoms with Gasteiger partial charge in [0.25, 0.3) is 0 Å². The molecule has 0 radical (unpaired) electrons. The van der Waals surface area contributed by atoms with Crippen LogP contribution in [0, 0.1) is 5.41 Å². The van der Waals surface area contributed by atoms with Crippen molar-refractivity contribution in [1.82, 2.24) is 0 Å². The van der Waals surface area contributed by atoms with Gasteiger partial charge in [-0.3, -0.25) is 5.41 Å². The third kappa shape index (κ3) is 2.45. The number of thiol groups is 1. The van der Waals surface area contributed by atoms with Gasteiger partial charge in [0.05, 0.1) is 0 Å². The molecule has 14 heavy (non-hydrogen) atoms.